The van der Waals surface area contributed by atoms with Crippen LogP contribution in [-0.2, 0) is 13.5 Å². The number of aryl methyl sites for hydroxylation is 1. The molecule has 0 aliphatic carbocycles. The number of halogens is 1. The summed E-state index contributed by atoms with van der Waals surface area (Å²) in [6.45, 7) is 2.27. The van der Waals surface area contributed by atoms with Gasteiger partial charge in [0.05, 0.1) is 6.20 Å². The van der Waals surface area contributed by atoms with Crippen molar-refractivity contribution in [3.63, 3.8) is 0 Å². The molecule has 1 fully saturated rings. The first-order chi connectivity index (χ1) is 9.74. The molecule has 1 saturated heterocycles. The number of piperidine rings is 1. The first kappa shape index (κ1) is 13.7. The standard InChI is InChI=1S/C16H20ClN3/c1-20-16(9-12-5-7-18-8-6-12)15(11-19-20)13-3-2-4-14(17)10-13/h2-4,10-12,18H,5-9H2,1H3. The third-order valence-corrected chi connectivity index (χ3v) is 4.37. The van der Waals surface area contributed by atoms with E-state index in [-0.39, 0.29) is 0 Å². The van der Waals surface area contributed by atoms with Gasteiger partial charge in [0.25, 0.3) is 0 Å². The van der Waals surface area contributed by atoms with Gasteiger partial charge >= 0.3 is 0 Å². The Morgan fingerprint density at radius 2 is 2.15 bits per heavy atom. The third-order valence-electron chi connectivity index (χ3n) is 4.14. The van der Waals surface area contributed by atoms with Crippen LogP contribution < -0.4 is 5.32 Å². The number of rotatable bonds is 3. The molecule has 106 valence electrons. The lowest BCUT2D eigenvalue weighted by Gasteiger charge is -2.23. The van der Waals surface area contributed by atoms with Gasteiger partial charge in [-0.2, -0.15) is 5.10 Å². The molecule has 0 bridgehead atoms. The second-order valence-electron chi connectivity index (χ2n) is 5.54. The van der Waals surface area contributed by atoms with Crippen molar-refractivity contribution in [3.8, 4) is 11.1 Å². The zero-order valence-electron chi connectivity index (χ0n) is 11.8. The average Bonchev–Trinajstić information content (AvgIpc) is 2.82. The van der Waals surface area contributed by atoms with Gasteiger partial charge in [-0.25, -0.2) is 0 Å². The van der Waals surface area contributed by atoms with E-state index in [1.165, 1.54) is 24.1 Å². The Balaban J connectivity index is 1.88. The normalized spacial score (nSPS) is 16.5. The summed E-state index contributed by atoms with van der Waals surface area (Å²) < 4.78 is 2.01. The molecule has 3 rings (SSSR count). The topological polar surface area (TPSA) is 29.9 Å². The Hall–Kier alpha value is -1.32. The highest BCUT2D eigenvalue weighted by atomic mass is 35.5. The van der Waals surface area contributed by atoms with E-state index in [0.717, 1.165) is 36.0 Å². The van der Waals surface area contributed by atoms with Crippen molar-refractivity contribution in [2.75, 3.05) is 13.1 Å². The van der Waals surface area contributed by atoms with Gasteiger partial charge in [0, 0.05) is 23.3 Å². The Kier molecular flexibility index (Phi) is 4.08. The van der Waals surface area contributed by atoms with Crippen LogP contribution in [0.3, 0.4) is 0 Å². The smallest absolute Gasteiger partial charge is 0.0571 e. The molecule has 2 aromatic rings. The molecular weight excluding hydrogens is 270 g/mol. The maximum Gasteiger partial charge on any atom is 0.0571 e. The van der Waals surface area contributed by atoms with Crippen molar-refractivity contribution in [1.82, 2.24) is 15.1 Å². The summed E-state index contributed by atoms with van der Waals surface area (Å²) in [6.07, 6.45) is 5.56. The monoisotopic (exact) mass is 289 g/mol. The summed E-state index contributed by atoms with van der Waals surface area (Å²) in [5.41, 5.74) is 3.70. The molecule has 2 heterocycles. The number of aromatic nitrogens is 2. The van der Waals surface area contributed by atoms with Crippen molar-refractivity contribution < 1.29 is 0 Å². The van der Waals surface area contributed by atoms with Gasteiger partial charge < -0.3 is 5.32 Å². The SMILES string of the molecule is Cn1ncc(-c2cccc(Cl)c2)c1CC1CCNCC1. The van der Waals surface area contributed by atoms with Crippen LogP contribution in [-0.4, -0.2) is 22.9 Å². The fraction of sp³-hybridized carbons (Fsp3) is 0.438. The van der Waals surface area contributed by atoms with Crippen molar-refractivity contribution >= 4 is 11.6 Å². The molecule has 1 aliphatic rings. The Morgan fingerprint density at radius 3 is 2.90 bits per heavy atom. The van der Waals surface area contributed by atoms with Crippen molar-refractivity contribution in [2.45, 2.75) is 19.3 Å². The van der Waals surface area contributed by atoms with Crippen LogP contribution in [0.15, 0.2) is 30.5 Å². The van der Waals surface area contributed by atoms with Crippen LogP contribution in [0.25, 0.3) is 11.1 Å². The second-order valence-corrected chi connectivity index (χ2v) is 5.97. The predicted molar refractivity (Wildman–Crippen MR) is 83.0 cm³/mol. The van der Waals surface area contributed by atoms with Crippen molar-refractivity contribution in [2.24, 2.45) is 13.0 Å². The van der Waals surface area contributed by atoms with Crippen molar-refractivity contribution in [3.05, 3.63) is 41.2 Å². The summed E-state index contributed by atoms with van der Waals surface area (Å²) in [6, 6.07) is 8.03. The molecule has 1 aliphatic heterocycles. The average molecular weight is 290 g/mol. The molecule has 0 radical (unpaired) electrons. The van der Waals surface area contributed by atoms with E-state index < -0.39 is 0 Å². The summed E-state index contributed by atoms with van der Waals surface area (Å²) >= 11 is 6.11. The molecule has 0 spiro atoms. The predicted octanol–water partition coefficient (Wildman–Crippen LogP) is 3.28. The number of benzene rings is 1. The van der Waals surface area contributed by atoms with Gasteiger partial charge in [0.1, 0.15) is 0 Å². The minimum absolute atomic E-state index is 0.754. The van der Waals surface area contributed by atoms with Crippen LogP contribution in [0, 0.1) is 5.92 Å². The van der Waals surface area contributed by atoms with E-state index in [1.54, 1.807) is 0 Å². The third kappa shape index (κ3) is 2.89. The summed E-state index contributed by atoms with van der Waals surface area (Å²) in [5.74, 6) is 0.754. The lowest BCUT2D eigenvalue weighted by Crippen LogP contribution is -2.29. The maximum atomic E-state index is 6.11. The molecule has 3 nitrogen and oxygen atoms in total. The van der Waals surface area contributed by atoms with E-state index in [9.17, 15) is 0 Å². The van der Waals surface area contributed by atoms with Gasteiger partial charge in [-0.15, -0.1) is 0 Å². The van der Waals surface area contributed by atoms with E-state index >= 15 is 0 Å². The highest BCUT2D eigenvalue weighted by Gasteiger charge is 2.18. The van der Waals surface area contributed by atoms with E-state index in [4.69, 9.17) is 11.6 Å². The van der Waals surface area contributed by atoms with E-state index in [2.05, 4.69) is 16.5 Å². The van der Waals surface area contributed by atoms with Gasteiger partial charge in [-0.1, -0.05) is 23.7 Å². The number of nitrogens with zero attached hydrogens (tertiary/aromatic N) is 2. The lowest BCUT2D eigenvalue weighted by molar-refractivity contribution is 0.366. The molecule has 0 saturated carbocycles. The van der Waals surface area contributed by atoms with Gasteiger partial charge in [-0.3, -0.25) is 4.68 Å². The van der Waals surface area contributed by atoms with Crippen molar-refractivity contribution in [1.29, 1.82) is 0 Å². The quantitative estimate of drug-likeness (QED) is 0.940. The minimum atomic E-state index is 0.754. The zero-order valence-corrected chi connectivity index (χ0v) is 12.5. The molecule has 20 heavy (non-hydrogen) atoms. The van der Waals surface area contributed by atoms with Gasteiger partial charge in [-0.05, 0) is 56.0 Å². The van der Waals surface area contributed by atoms with Gasteiger partial charge in [0.15, 0.2) is 0 Å². The minimum Gasteiger partial charge on any atom is -0.317 e. The molecule has 1 N–H and O–H groups in total. The Labute approximate surface area is 124 Å². The highest BCUT2D eigenvalue weighted by Crippen LogP contribution is 2.29. The number of hydrogen-bond acceptors (Lipinski definition) is 2. The maximum absolute atomic E-state index is 6.11. The van der Waals surface area contributed by atoms with Crippen LogP contribution >= 0.6 is 11.6 Å². The zero-order chi connectivity index (χ0) is 13.9. The molecule has 0 unspecified atom stereocenters. The van der Waals surface area contributed by atoms with Crippen LogP contribution in [0.4, 0.5) is 0 Å². The second kappa shape index (κ2) is 5.98. The molecule has 4 heteroatoms. The summed E-state index contributed by atoms with van der Waals surface area (Å²) in [7, 11) is 2.03. The van der Waals surface area contributed by atoms with Crippen LogP contribution in [0.2, 0.25) is 5.02 Å². The Bertz CT molecular complexity index is 585. The molecule has 1 aromatic carbocycles. The van der Waals surface area contributed by atoms with Crippen LogP contribution in [0.1, 0.15) is 18.5 Å². The van der Waals surface area contributed by atoms with Gasteiger partial charge in [0.2, 0.25) is 0 Å². The molecule has 0 atom stereocenters. The summed E-state index contributed by atoms with van der Waals surface area (Å²) in [5, 5.41) is 8.65. The first-order valence-corrected chi connectivity index (χ1v) is 7.59. The van der Waals surface area contributed by atoms with E-state index in [0.29, 0.717) is 0 Å². The fourth-order valence-corrected chi connectivity index (χ4v) is 3.15. The number of nitrogens with one attached hydrogen (secondary N) is 1. The fourth-order valence-electron chi connectivity index (χ4n) is 2.96. The first-order valence-electron chi connectivity index (χ1n) is 7.21. The molecule has 1 aromatic heterocycles. The summed E-state index contributed by atoms with van der Waals surface area (Å²) in [4.78, 5) is 0. The number of hydrogen-bond donors (Lipinski definition) is 1. The molecular formula is C16H20ClN3. The molecule has 0 amide bonds. The largest absolute Gasteiger partial charge is 0.317 e. The highest BCUT2D eigenvalue weighted by molar-refractivity contribution is 6.30. The lowest BCUT2D eigenvalue weighted by atomic mass is 9.91. The Morgan fingerprint density at radius 1 is 1.35 bits per heavy atom. The van der Waals surface area contributed by atoms with E-state index in [1.807, 2.05) is 36.1 Å². The van der Waals surface area contributed by atoms with Crippen LogP contribution in [0.5, 0.6) is 0 Å².